The lowest BCUT2D eigenvalue weighted by Crippen LogP contribution is -2.66. The third-order valence-electron chi connectivity index (χ3n) is 7.78. The third kappa shape index (κ3) is 6.86. The Balaban J connectivity index is 2.01. The summed E-state index contributed by atoms with van der Waals surface area (Å²) in [6.07, 6.45) is -0.612. The first kappa shape index (κ1) is 33.3. The highest BCUT2D eigenvalue weighted by molar-refractivity contribution is 6.84. The summed E-state index contributed by atoms with van der Waals surface area (Å²) in [5, 5.41) is 7.20. The van der Waals surface area contributed by atoms with Gasteiger partial charge in [0.15, 0.2) is 6.23 Å². The lowest BCUT2D eigenvalue weighted by Gasteiger charge is -2.51. The molecule has 3 rings (SSSR count). The maximum atomic E-state index is 12.6. The van der Waals surface area contributed by atoms with E-state index in [2.05, 4.69) is 70.8 Å². The third-order valence-corrected chi connectivity index (χ3v) is 18.0. The number of hydrogen-bond acceptors (Lipinski definition) is 10. The van der Waals surface area contributed by atoms with Crippen molar-refractivity contribution in [1.82, 2.24) is 20.1 Å². The van der Waals surface area contributed by atoms with Crippen LogP contribution in [0.5, 0.6) is 0 Å². The van der Waals surface area contributed by atoms with Crippen LogP contribution in [0.4, 0.5) is 0 Å². The van der Waals surface area contributed by atoms with Crippen LogP contribution in [0.1, 0.15) is 72.2 Å². The highest BCUT2D eigenvalue weighted by atomic mass is 28.5. The van der Waals surface area contributed by atoms with Crippen LogP contribution in [0, 0.1) is 0 Å². The lowest BCUT2D eigenvalue weighted by atomic mass is 10.1. The molecule has 0 spiro atoms. The molecule has 1 aromatic heterocycles. The van der Waals surface area contributed by atoms with Gasteiger partial charge in [0.05, 0.1) is 26.4 Å². The normalized spacial score (nSPS) is 26.4. The van der Waals surface area contributed by atoms with E-state index in [1.165, 1.54) is 6.33 Å². The molecule has 12 nitrogen and oxygen atoms in total. The summed E-state index contributed by atoms with van der Waals surface area (Å²) in [6, 6.07) is 0. The van der Waals surface area contributed by atoms with Crippen LogP contribution in [0.25, 0.3) is 0 Å². The number of hydrogen-bond donors (Lipinski definition) is 1. The molecule has 1 unspecified atom stereocenters. The topological polar surface area (TPSA) is 124 Å². The summed E-state index contributed by atoms with van der Waals surface area (Å²) < 4.78 is 46.2. The summed E-state index contributed by atoms with van der Waals surface area (Å²) in [6.45, 7) is 19.3. The Morgan fingerprint density at radius 3 is 2.20 bits per heavy atom. The second-order valence-corrected chi connectivity index (χ2v) is 20.6. The minimum atomic E-state index is -2.89. The summed E-state index contributed by atoms with van der Waals surface area (Å²) >= 11 is 0. The molecule has 1 aromatic rings. The molecule has 40 heavy (non-hydrogen) atoms. The fourth-order valence-electron chi connectivity index (χ4n) is 5.63. The van der Waals surface area contributed by atoms with Gasteiger partial charge in [0.1, 0.15) is 24.6 Å². The van der Waals surface area contributed by atoms with Gasteiger partial charge >= 0.3 is 17.1 Å². The van der Waals surface area contributed by atoms with Crippen molar-refractivity contribution in [2.75, 3.05) is 47.2 Å². The smallest absolute Gasteiger partial charge is 0.335 e. The van der Waals surface area contributed by atoms with Gasteiger partial charge < -0.3 is 37.2 Å². The van der Waals surface area contributed by atoms with Crippen LogP contribution in [0.2, 0.25) is 22.2 Å². The first-order valence-electron chi connectivity index (χ1n) is 14.4. The second-order valence-electron chi connectivity index (χ2n) is 11.7. The summed E-state index contributed by atoms with van der Waals surface area (Å²) in [7, 11) is -2.41. The number of rotatable bonds is 13. The molecule has 2 saturated heterocycles. The molecule has 1 amide bonds. The number of carbonyl (C=O) groups excluding carboxylic acids is 1. The SMILES string of the molecule is COCCNC(=O)c1ncn([C@@H]2O[C@H]3CO[Si](C(C)C)(C(C)C)O[Si](C(C)C)(C(C)C)OC3[C@@H]2OCCOC)n1. The van der Waals surface area contributed by atoms with Gasteiger partial charge in [0.2, 0.25) is 5.82 Å². The van der Waals surface area contributed by atoms with E-state index >= 15 is 0 Å². The monoisotopic (exact) mass is 602 g/mol. The van der Waals surface area contributed by atoms with Crippen molar-refractivity contribution in [1.29, 1.82) is 0 Å². The number of carbonyl (C=O) groups is 1. The maximum absolute atomic E-state index is 12.6. The van der Waals surface area contributed by atoms with Crippen LogP contribution < -0.4 is 5.32 Å². The van der Waals surface area contributed by atoms with Crippen LogP contribution >= 0.6 is 0 Å². The minimum Gasteiger partial charge on any atom is -0.414 e. The molecule has 0 aliphatic carbocycles. The Bertz CT molecular complexity index is 932. The van der Waals surface area contributed by atoms with Gasteiger partial charge in [-0.2, -0.15) is 0 Å². The number of aromatic nitrogens is 3. The van der Waals surface area contributed by atoms with E-state index in [1.807, 2.05) is 0 Å². The molecule has 3 heterocycles. The molecule has 0 saturated carbocycles. The van der Waals surface area contributed by atoms with Crippen molar-refractivity contribution < 1.29 is 36.7 Å². The number of fused-ring (bicyclic) bond motifs is 1. The molecule has 2 aliphatic rings. The van der Waals surface area contributed by atoms with Gasteiger partial charge in [-0.3, -0.25) is 4.79 Å². The first-order chi connectivity index (χ1) is 18.9. The average Bonchev–Trinajstić information content (AvgIpc) is 3.49. The number of ether oxygens (including phenoxy) is 4. The summed E-state index contributed by atoms with van der Waals surface area (Å²) in [5.41, 5.74) is 0.758. The fourth-order valence-corrected chi connectivity index (χ4v) is 16.8. The minimum absolute atomic E-state index is 0.0410. The predicted octanol–water partition coefficient (Wildman–Crippen LogP) is 3.54. The van der Waals surface area contributed by atoms with E-state index in [9.17, 15) is 4.79 Å². The molecule has 14 heteroatoms. The van der Waals surface area contributed by atoms with Crippen LogP contribution in [0.3, 0.4) is 0 Å². The molecule has 2 aliphatic heterocycles. The van der Waals surface area contributed by atoms with Gasteiger partial charge in [0.25, 0.3) is 5.91 Å². The van der Waals surface area contributed by atoms with E-state index < -0.39 is 41.7 Å². The standard InChI is InChI=1S/C26H50N4O8Si2/c1-17(2)39(18(3)4)35-15-21-22(37-40(38-39,19(5)6)20(7)8)23(34-14-13-33-10)26(36-21)30-16-28-24(29-30)25(31)27-11-12-32-9/h16-23,26H,11-15H2,1-10H3,(H,27,31)/t21-,22?,23-,26+/m0/s1. The number of amides is 1. The van der Waals surface area contributed by atoms with E-state index in [1.54, 1.807) is 18.9 Å². The molecular weight excluding hydrogens is 552 g/mol. The molecular formula is C26H50N4O8Si2. The first-order valence-corrected chi connectivity index (χ1v) is 18.3. The van der Waals surface area contributed by atoms with Crippen LogP contribution in [0.15, 0.2) is 6.33 Å². The van der Waals surface area contributed by atoms with E-state index in [4.69, 9.17) is 31.9 Å². The Labute approximate surface area is 241 Å². The van der Waals surface area contributed by atoms with E-state index in [0.717, 1.165) is 0 Å². The molecule has 0 bridgehead atoms. The zero-order chi connectivity index (χ0) is 29.7. The Morgan fingerprint density at radius 2 is 1.62 bits per heavy atom. The van der Waals surface area contributed by atoms with E-state index in [0.29, 0.717) is 33.0 Å². The lowest BCUT2D eigenvalue weighted by molar-refractivity contribution is -0.0839. The van der Waals surface area contributed by atoms with Crippen LogP contribution in [-0.2, 0) is 31.9 Å². The largest absolute Gasteiger partial charge is 0.414 e. The van der Waals surface area contributed by atoms with Crippen LogP contribution in [-0.4, -0.2) is 103 Å². The van der Waals surface area contributed by atoms with Gasteiger partial charge in [-0.15, -0.1) is 5.10 Å². The quantitative estimate of drug-likeness (QED) is 0.265. The highest BCUT2D eigenvalue weighted by Gasteiger charge is 2.62. The number of nitrogens with one attached hydrogen (secondary N) is 1. The van der Waals surface area contributed by atoms with Crippen molar-refractivity contribution >= 4 is 23.0 Å². The summed E-state index contributed by atoms with van der Waals surface area (Å²) in [5.74, 6) is -0.348. The second kappa shape index (κ2) is 14.3. The molecule has 0 radical (unpaired) electrons. The predicted molar refractivity (Wildman–Crippen MR) is 154 cm³/mol. The zero-order valence-electron chi connectivity index (χ0n) is 25.8. The Morgan fingerprint density at radius 1 is 1.00 bits per heavy atom. The Kier molecular flexibility index (Phi) is 11.9. The van der Waals surface area contributed by atoms with Crippen molar-refractivity contribution in [2.45, 2.75) is 102 Å². The number of nitrogens with zero attached hydrogens (tertiary/aromatic N) is 3. The molecule has 1 N–H and O–H groups in total. The van der Waals surface area contributed by atoms with Gasteiger partial charge in [-0.05, 0) is 22.2 Å². The fraction of sp³-hybridized carbons (Fsp3) is 0.885. The maximum Gasteiger partial charge on any atom is 0.335 e. The molecule has 0 aromatic carbocycles. The van der Waals surface area contributed by atoms with Crippen molar-refractivity contribution in [3.63, 3.8) is 0 Å². The Hall–Kier alpha value is -1.24. The number of methoxy groups -OCH3 is 2. The zero-order valence-corrected chi connectivity index (χ0v) is 27.8. The summed E-state index contributed by atoms with van der Waals surface area (Å²) in [4.78, 5) is 16.8. The van der Waals surface area contributed by atoms with Gasteiger partial charge in [-0.1, -0.05) is 55.4 Å². The average molecular weight is 603 g/mol. The van der Waals surface area contributed by atoms with Gasteiger partial charge in [0, 0.05) is 20.8 Å². The highest BCUT2D eigenvalue weighted by Crippen LogP contribution is 2.48. The molecule has 2 fully saturated rings. The van der Waals surface area contributed by atoms with Crippen molar-refractivity contribution in [2.24, 2.45) is 0 Å². The van der Waals surface area contributed by atoms with Crippen molar-refractivity contribution in [3.05, 3.63) is 12.2 Å². The van der Waals surface area contributed by atoms with Gasteiger partial charge in [-0.25, -0.2) is 9.67 Å². The van der Waals surface area contributed by atoms with E-state index in [-0.39, 0.29) is 33.9 Å². The molecule has 230 valence electrons. The van der Waals surface area contributed by atoms with Crippen molar-refractivity contribution in [3.8, 4) is 0 Å². The molecule has 4 atom stereocenters.